The second kappa shape index (κ2) is 5.81. The molecule has 21 heavy (non-hydrogen) atoms. The lowest BCUT2D eigenvalue weighted by atomic mass is 10.1. The standard InChI is InChI=1S/C15H15NO4S/c17-12-8-13-16(12)14(15(18)19)11(20-13)6-7-21-9-10-4-2-1-3-5-10/h1-6,13-14H,7-9H2,(H,18,19). The minimum absolute atomic E-state index is 0.160. The zero-order valence-electron chi connectivity index (χ0n) is 11.3. The van der Waals surface area contributed by atoms with Gasteiger partial charge in [-0.3, -0.25) is 9.69 Å². The van der Waals surface area contributed by atoms with E-state index in [0.29, 0.717) is 11.5 Å². The van der Waals surface area contributed by atoms with Gasteiger partial charge in [-0.2, -0.15) is 11.8 Å². The SMILES string of the molecule is O=C(O)C1C(=CCSCc2ccccc2)OC2CC(=O)N21. The zero-order chi connectivity index (χ0) is 14.8. The number of carboxylic acids is 1. The Kier molecular flexibility index (Phi) is 3.88. The average molecular weight is 305 g/mol. The summed E-state index contributed by atoms with van der Waals surface area (Å²) in [6.45, 7) is 0. The van der Waals surface area contributed by atoms with E-state index in [-0.39, 0.29) is 18.6 Å². The average Bonchev–Trinajstić information content (AvgIpc) is 2.77. The highest BCUT2D eigenvalue weighted by Crippen LogP contribution is 2.36. The number of rotatable bonds is 5. The molecule has 0 radical (unpaired) electrons. The normalized spacial score (nSPS) is 25.4. The second-order valence-corrected chi connectivity index (χ2v) is 5.96. The molecule has 0 bridgehead atoms. The molecule has 2 saturated heterocycles. The lowest BCUT2D eigenvalue weighted by Gasteiger charge is -2.33. The highest BCUT2D eigenvalue weighted by molar-refractivity contribution is 7.98. The monoisotopic (exact) mass is 305 g/mol. The number of β-lactam (4-membered cyclic amide) rings is 1. The third kappa shape index (κ3) is 2.76. The van der Waals surface area contributed by atoms with Crippen LogP contribution in [0.2, 0.25) is 0 Å². The minimum Gasteiger partial charge on any atom is -0.479 e. The number of carbonyl (C=O) groups excluding carboxylic acids is 1. The molecule has 5 nitrogen and oxygen atoms in total. The first-order valence-corrected chi connectivity index (χ1v) is 7.84. The molecule has 3 rings (SSSR count). The van der Waals surface area contributed by atoms with Gasteiger partial charge in [0.1, 0.15) is 5.76 Å². The predicted octanol–water partition coefficient (Wildman–Crippen LogP) is 1.85. The van der Waals surface area contributed by atoms with Gasteiger partial charge < -0.3 is 9.84 Å². The Balaban J connectivity index is 1.58. The molecule has 0 saturated carbocycles. The Morgan fingerprint density at radius 1 is 1.43 bits per heavy atom. The van der Waals surface area contributed by atoms with Crippen LogP contribution in [0.1, 0.15) is 12.0 Å². The van der Waals surface area contributed by atoms with E-state index in [9.17, 15) is 14.7 Å². The second-order valence-electron chi connectivity index (χ2n) is 4.93. The van der Waals surface area contributed by atoms with Crippen molar-refractivity contribution < 1.29 is 19.4 Å². The molecule has 0 spiro atoms. The van der Waals surface area contributed by atoms with Gasteiger partial charge in [0.05, 0.1) is 6.42 Å². The van der Waals surface area contributed by atoms with Crippen molar-refractivity contribution in [1.82, 2.24) is 4.90 Å². The Morgan fingerprint density at radius 2 is 2.19 bits per heavy atom. The smallest absolute Gasteiger partial charge is 0.334 e. The first kappa shape index (κ1) is 14.0. The van der Waals surface area contributed by atoms with Gasteiger partial charge in [-0.15, -0.1) is 0 Å². The number of thioether (sulfide) groups is 1. The molecule has 6 heteroatoms. The summed E-state index contributed by atoms with van der Waals surface area (Å²) in [5.41, 5.74) is 1.22. The summed E-state index contributed by atoms with van der Waals surface area (Å²) in [7, 11) is 0. The van der Waals surface area contributed by atoms with Crippen LogP contribution in [0.4, 0.5) is 0 Å². The zero-order valence-corrected chi connectivity index (χ0v) is 12.1. The number of fused-ring (bicyclic) bond motifs is 1. The molecule has 2 fully saturated rings. The lowest BCUT2D eigenvalue weighted by Crippen LogP contribution is -2.54. The minimum atomic E-state index is -1.04. The lowest BCUT2D eigenvalue weighted by molar-refractivity contribution is -0.163. The van der Waals surface area contributed by atoms with Gasteiger partial charge >= 0.3 is 5.97 Å². The van der Waals surface area contributed by atoms with Crippen LogP contribution in [0.15, 0.2) is 42.2 Å². The van der Waals surface area contributed by atoms with Crippen LogP contribution in [-0.2, 0) is 20.1 Å². The van der Waals surface area contributed by atoms with Crippen LogP contribution in [0.25, 0.3) is 0 Å². The fourth-order valence-corrected chi connectivity index (χ4v) is 3.29. The summed E-state index contributed by atoms with van der Waals surface area (Å²) >= 11 is 1.68. The molecule has 0 aromatic heterocycles. The Bertz CT molecular complexity index is 587. The van der Waals surface area contributed by atoms with Gasteiger partial charge in [-0.05, 0) is 11.6 Å². The van der Waals surface area contributed by atoms with Crippen molar-refractivity contribution in [3.8, 4) is 0 Å². The third-order valence-corrected chi connectivity index (χ3v) is 4.45. The number of ether oxygens (including phenoxy) is 1. The molecule has 1 amide bonds. The molecule has 110 valence electrons. The van der Waals surface area contributed by atoms with Gasteiger partial charge in [0.15, 0.2) is 12.3 Å². The first-order chi connectivity index (χ1) is 10.2. The van der Waals surface area contributed by atoms with E-state index < -0.39 is 12.0 Å². The number of carboxylic acid groups (broad SMARTS) is 1. The summed E-state index contributed by atoms with van der Waals surface area (Å²) in [6.07, 6.45) is 1.67. The fraction of sp³-hybridized carbons (Fsp3) is 0.333. The molecule has 2 aliphatic rings. The number of amides is 1. The Hall–Kier alpha value is -1.95. The van der Waals surface area contributed by atoms with E-state index in [2.05, 4.69) is 12.1 Å². The van der Waals surface area contributed by atoms with Crippen LogP contribution >= 0.6 is 11.8 Å². The van der Waals surface area contributed by atoms with E-state index in [4.69, 9.17) is 4.74 Å². The highest BCUT2D eigenvalue weighted by atomic mass is 32.2. The number of nitrogens with zero attached hydrogens (tertiary/aromatic N) is 1. The first-order valence-electron chi connectivity index (χ1n) is 6.69. The number of hydrogen-bond donors (Lipinski definition) is 1. The van der Waals surface area contributed by atoms with Crippen molar-refractivity contribution in [2.24, 2.45) is 0 Å². The summed E-state index contributed by atoms with van der Waals surface area (Å²) in [5, 5.41) is 9.24. The molecule has 2 atom stereocenters. The predicted molar refractivity (Wildman–Crippen MR) is 78.4 cm³/mol. The van der Waals surface area contributed by atoms with Crippen LogP contribution in [-0.4, -0.2) is 39.9 Å². The molecule has 0 aliphatic carbocycles. The topological polar surface area (TPSA) is 66.8 Å². The molecule has 1 aromatic carbocycles. The van der Waals surface area contributed by atoms with Crippen molar-refractivity contribution in [2.45, 2.75) is 24.4 Å². The van der Waals surface area contributed by atoms with Crippen LogP contribution in [0.5, 0.6) is 0 Å². The third-order valence-electron chi connectivity index (χ3n) is 3.52. The summed E-state index contributed by atoms with van der Waals surface area (Å²) < 4.78 is 5.53. The van der Waals surface area contributed by atoms with Gasteiger partial charge in [0.25, 0.3) is 0 Å². The van der Waals surface area contributed by atoms with E-state index in [0.717, 1.165) is 5.75 Å². The van der Waals surface area contributed by atoms with Crippen molar-refractivity contribution >= 4 is 23.6 Å². The quantitative estimate of drug-likeness (QED) is 0.664. The van der Waals surface area contributed by atoms with E-state index >= 15 is 0 Å². The van der Waals surface area contributed by atoms with Gasteiger partial charge in [-0.1, -0.05) is 30.3 Å². The maximum absolute atomic E-state index is 11.4. The largest absolute Gasteiger partial charge is 0.479 e. The van der Waals surface area contributed by atoms with Gasteiger partial charge in [0.2, 0.25) is 5.91 Å². The van der Waals surface area contributed by atoms with Crippen LogP contribution in [0, 0.1) is 0 Å². The van der Waals surface area contributed by atoms with E-state index in [1.165, 1.54) is 10.5 Å². The van der Waals surface area contributed by atoms with Gasteiger partial charge in [-0.25, -0.2) is 4.79 Å². The molecular formula is C15H15NO4S. The maximum atomic E-state index is 11.4. The summed E-state index contributed by atoms with van der Waals surface area (Å²) in [4.78, 5) is 24.0. The molecule has 2 aliphatic heterocycles. The molecule has 2 unspecified atom stereocenters. The van der Waals surface area contributed by atoms with E-state index in [1.54, 1.807) is 17.8 Å². The maximum Gasteiger partial charge on any atom is 0.334 e. The summed E-state index contributed by atoms with van der Waals surface area (Å²) in [6, 6.07) is 9.11. The van der Waals surface area contributed by atoms with Crippen LogP contribution < -0.4 is 0 Å². The van der Waals surface area contributed by atoms with E-state index in [1.807, 2.05) is 18.2 Å². The van der Waals surface area contributed by atoms with Gasteiger partial charge in [0, 0.05) is 11.5 Å². The Morgan fingerprint density at radius 3 is 2.86 bits per heavy atom. The molecule has 1 N–H and O–H groups in total. The summed E-state index contributed by atoms with van der Waals surface area (Å²) in [5.74, 6) is 0.702. The fourth-order valence-electron chi connectivity index (χ4n) is 2.46. The van der Waals surface area contributed by atoms with Crippen LogP contribution in [0.3, 0.4) is 0 Å². The number of benzene rings is 1. The highest BCUT2D eigenvalue weighted by Gasteiger charge is 2.53. The van der Waals surface area contributed by atoms with Crippen molar-refractivity contribution in [2.75, 3.05) is 5.75 Å². The van der Waals surface area contributed by atoms with Crippen molar-refractivity contribution in [1.29, 1.82) is 0 Å². The molecule has 1 aromatic rings. The molecular weight excluding hydrogens is 290 g/mol. The number of carbonyl (C=O) groups is 2. The van der Waals surface area contributed by atoms with Crippen molar-refractivity contribution in [3.05, 3.63) is 47.7 Å². The molecule has 2 heterocycles. The number of hydrogen-bond acceptors (Lipinski definition) is 4. The number of aliphatic carboxylic acids is 1. The Labute approximate surface area is 126 Å². The van der Waals surface area contributed by atoms with Crippen molar-refractivity contribution in [3.63, 3.8) is 0 Å².